The van der Waals surface area contributed by atoms with Gasteiger partial charge in [-0.25, -0.2) is 8.42 Å². The van der Waals surface area contributed by atoms with Crippen molar-refractivity contribution in [2.24, 2.45) is 0 Å². The molecule has 0 spiro atoms. The lowest BCUT2D eigenvalue weighted by Crippen LogP contribution is -2.35. The van der Waals surface area contributed by atoms with Crippen molar-refractivity contribution >= 4 is 38.9 Å². The molecular formula is C24H23ClN2O3S. The van der Waals surface area contributed by atoms with Crippen molar-refractivity contribution in [2.45, 2.75) is 31.6 Å². The van der Waals surface area contributed by atoms with E-state index in [-0.39, 0.29) is 10.8 Å². The van der Waals surface area contributed by atoms with Gasteiger partial charge in [-0.1, -0.05) is 29.3 Å². The average molecular weight is 455 g/mol. The third-order valence-corrected chi connectivity index (χ3v) is 7.06. The Morgan fingerprint density at radius 3 is 2.45 bits per heavy atom. The Hall–Kier alpha value is -2.83. The molecule has 0 bridgehead atoms. The number of amides is 1. The van der Waals surface area contributed by atoms with Gasteiger partial charge in [0.25, 0.3) is 15.9 Å². The minimum absolute atomic E-state index is 0.123. The Balaban J connectivity index is 1.63. The molecule has 1 amide bonds. The van der Waals surface area contributed by atoms with Gasteiger partial charge in [0.2, 0.25) is 0 Å². The monoisotopic (exact) mass is 454 g/mol. The van der Waals surface area contributed by atoms with Gasteiger partial charge in [-0.3, -0.25) is 9.52 Å². The van der Waals surface area contributed by atoms with Crippen LogP contribution in [0.2, 0.25) is 5.02 Å². The van der Waals surface area contributed by atoms with Crippen LogP contribution in [0.5, 0.6) is 0 Å². The van der Waals surface area contributed by atoms with E-state index in [2.05, 4.69) is 4.72 Å². The first-order chi connectivity index (χ1) is 14.7. The minimum Gasteiger partial charge on any atom is -0.308 e. The molecule has 1 aliphatic rings. The summed E-state index contributed by atoms with van der Waals surface area (Å²) in [4.78, 5) is 14.9. The summed E-state index contributed by atoms with van der Waals surface area (Å²) >= 11 is 5.93. The lowest BCUT2D eigenvalue weighted by molar-refractivity contribution is 0.0985. The van der Waals surface area contributed by atoms with Crippen LogP contribution in [-0.4, -0.2) is 20.9 Å². The van der Waals surface area contributed by atoms with Crippen LogP contribution >= 0.6 is 11.6 Å². The molecule has 7 heteroatoms. The fraction of sp³-hybridized carbons (Fsp3) is 0.208. The second kappa shape index (κ2) is 8.36. The fourth-order valence-electron chi connectivity index (χ4n) is 3.83. The van der Waals surface area contributed by atoms with Gasteiger partial charge in [0.05, 0.1) is 10.6 Å². The number of carbonyl (C=O) groups is 1. The molecule has 5 nitrogen and oxygen atoms in total. The molecule has 0 radical (unpaired) electrons. The smallest absolute Gasteiger partial charge is 0.261 e. The first-order valence-electron chi connectivity index (χ1n) is 10.0. The van der Waals surface area contributed by atoms with E-state index >= 15 is 0 Å². The molecular weight excluding hydrogens is 432 g/mol. The number of rotatable bonds is 4. The summed E-state index contributed by atoms with van der Waals surface area (Å²) < 4.78 is 28.7. The van der Waals surface area contributed by atoms with Gasteiger partial charge in [0, 0.05) is 22.8 Å². The molecule has 160 valence electrons. The van der Waals surface area contributed by atoms with Crippen LogP contribution in [0.15, 0.2) is 65.6 Å². The summed E-state index contributed by atoms with van der Waals surface area (Å²) in [5.74, 6) is -0.123. The number of nitrogens with zero attached hydrogens (tertiary/aromatic N) is 1. The zero-order chi connectivity index (χ0) is 22.2. The van der Waals surface area contributed by atoms with Crippen molar-refractivity contribution in [3.63, 3.8) is 0 Å². The lowest BCUT2D eigenvalue weighted by Gasteiger charge is -2.30. The van der Waals surface area contributed by atoms with Crippen molar-refractivity contribution in [1.82, 2.24) is 0 Å². The second-order valence-corrected chi connectivity index (χ2v) is 9.90. The molecule has 0 saturated heterocycles. The van der Waals surface area contributed by atoms with Crippen LogP contribution in [0.25, 0.3) is 0 Å². The standard InChI is InChI=1S/C24H23ClN2O3S/c1-16-5-11-22(17(2)14-16)26-31(29,30)21-10-12-23-19(15-21)4-3-13-27(23)24(28)18-6-8-20(25)9-7-18/h5-12,14-15,26H,3-4,13H2,1-2H3. The molecule has 0 aromatic heterocycles. The summed E-state index contributed by atoms with van der Waals surface area (Å²) in [5, 5.41) is 0.571. The Labute approximate surface area is 187 Å². The number of benzene rings is 3. The number of sulfonamides is 1. The molecule has 0 unspecified atom stereocenters. The van der Waals surface area contributed by atoms with Crippen LogP contribution in [0.3, 0.4) is 0 Å². The third-order valence-electron chi connectivity index (χ3n) is 5.44. The van der Waals surface area contributed by atoms with E-state index in [1.54, 1.807) is 53.4 Å². The third kappa shape index (κ3) is 4.45. The number of halogens is 1. The first kappa shape index (κ1) is 21.4. The maximum absolute atomic E-state index is 13.0. The molecule has 1 N–H and O–H groups in total. The fourth-order valence-corrected chi connectivity index (χ4v) is 5.14. The zero-order valence-corrected chi connectivity index (χ0v) is 18.9. The minimum atomic E-state index is -3.74. The predicted molar refractivity (Wildman–Crippen MR) is 125 cm³/mol. The van der Waals surface area contributed by atoms with Gasteiger partial charge in [-0.15, -0.1) is 0 Å². The van der Waals surface area contributed by atoms with E-state index in [1.165, 1.54) is 0 Å². The molecule has 1 aliphatic heterocycles. The van der Waals surface area contributed by atoms with Gasteiger partial charge in [0.15, 0.2) is 0 Å². The summed E-state index contributed by atoms with van der Waals surface area (Å²) in [5.41, 5.74) is 4.63. The van der Waals surface area contributed by atoms with Crippen LogP contribution < -0.4 is 9.62 Å². The van der Waals surface area contributed by atoms with Crippen molar-refractivity contribution in [3.05, 3.63) is 87.9 Å². The van der Waals surface area contributed by atoms with Crippen LogP contribution in [0.4, 0.5) is 11.4 Å². The van der Waals surface area contributed by atoms with Crippen LogP contribution in [-0.2, 0) is 16.4 Å². The molecule has 31 heavy (non-hydrogen) atoms. The highest BCUT2D eigenvalue weighted by atomic mass is 35.5. The molecule has 3 aromatic rings. The summed E-state index contributed by atoms with van der Waals surface area (Å²) in [7, 11) is -3.74. The number of fused-ring (bicyclic) bond motifs is 1. The Morgan fingerprint density at radius 1 is 1.00 bits per heavy atom. The van der Waals surface area contributed by atoms with Gasteiger partial charge < -0.3 is 4.90 Å². The first-order valence-corrected chi connectivity index (χ1v) is 11.9. The molecule has 1 heterocycles. The Morgan fingerprint density at radius 2 is 1.74 bits per heavy atom. The number of hydrogen-bond acceptors (Lipinski definition) is 3. The SMILES string of the molecule is Cc1ccc(NS(=O)(=O)c2ccc3c(c2)CCCN3C(=O)c2ccc(Cl)cc2)c(C)c1. The highest BCUT2D eigenvalue weighted by Crippen LogP contribution is 2.31. The number of nitrogens with one attached hydrogen (secondary N) is 1. The van der Waals surface area contributed by atoms with E-state index in [4.69, 9.17) is 11.6 Å². The van der Waals surface area contributed by atoms with Crippen molar-refractivity contribution in [2.75, 3.05) is 16.2 Å². The largest absolute Gasteiger partial charge is 0.308 e. The molecule has 0 atom stereocenters. The van der Waals surface area contributed by atoms with E-state index in [9.17, 15) is 13.2 Å². The summed E-state index contributed by atoms with van der Waals surface area (Å²) in [6, 6.07) is 17.3. The quantitative estimate of drug-likeness (QED) is 0.577. The van der Waals surface area contributed by atoms with E-state index in [1.807, 2.05) is 26.0 Å². The van der Waals surface area contributed by atoms with Gasteiger partial charge in [-0.05, 0) is 86.3 Å². The van der Waals surface area contributed by atoms with E-state index in [0.717, 1.165) is 28.8 Å². The van der Waals surface area contributed by atoms with Gasteiger partial charge in [0.1, 0.15) is 0 Å². The maximum atomic E-state index is 13.0. The number of hydrogen-bond donors (Lipinski definition) is 1. The second-order valence-electron chi connectivity index (χ2n) is 7.78. The molecule has 0 saturated carbocycles. The van der Waals surface area contributed by atoms with E-state index < -0.39 is 10.0 Å². The predicted octanol–water partition coefficient (Wildman–Crippen LogP) is 5.35. The summed E-state index contributed by atoms with van der Waals surface area (Å²) in [6.45, 7) is 4.42. The molecule has 4 rings (SSSR count). The zero-order valence-electron chi connectivity index (χ0n) is 17.4. The number of aryl methyl sites for hydroxylation is 3. The van der Waals surface area contributed by atoms with Crippen LogP contribution in [0, 0.1) is 13.8 Å². The van der Waals surface area contributed by atoms with Crippen molar-refractivity contribution in [1.29, 1.82) is 0 Å². The molecule has 3 aromatic carbocycles. The van der Waals surface area contributed by atoms with Gasteiger partial charge in [-0.2, -0.15) is 0 Å². The summed E-state index contributed by atoms with van der Waals surface area (Å²) in [6.07, 6.45) is 1.48. The van der Waals surface area contributed by atoms with Crippen LogP contribution in [0.1, 0.15) is 33.5 Å². The lowest BCUT2D eigenvalue weighted by atomic mass is 10.0. The van der Waals surface area contributed by atoms with Crippen molar-refractivity contribution < 1.29 is 13.2 Å². The normalized spacial score (nSPS) is 13.6. The average Bonchev–Trinajstić information content (AvgIpc) is 2.75. The topological polar surface area (TPSA) is 66.5 Å². The van der Waals surface area contributed by atoms with Crippen molar-refractivity contribution in [3.8, 4) is 0 Å². The molecule has 0 aliphatic carbocycles. The Bertz CT molecular complexity index is 1250. The maximum Gasteiger partial charge on any atom is 0.261 e. The number of carbonyl (C=O) groups excluding carboxylic acids is 1. The highest BCUT2D eigenvalue weighted by molar-refractivity contribution is 7.92. The molecule has 0 fully saturated rings. The Kier molecular flexibility index (Phi) is 5.77. The highest BCUT2D eigenvalue weighted by Gasteiger charge is 2.26. The van der Waals surface area contributed by atoms with E-state index in [0.29, 0.717) is 29.2 Å². The number of anilines is 2. The van der Waals surface area contributed by atoms with Gasteiger partial charge >= 0.3 is 0 Å².